The lowest BCUT2D eigenvalue weighted by Gasteiger charge is -2.17. The predicted octanol–water partition coefficient (Wildman–Crippen LogP) is 3.05. The molecule has 3 N–H and O–H groups in total. The quantitative estimate of drug-likeness (QED) is 0.615. The molecule has 0 fully saturated rings. The van der Waals surface area contributed by atoms with Crippen LogP contribution in [0.5, 0.6) is 0 Å². The fourth-order valence-electron chi connectivity index (χ4n) is 2.14. The van der Waals surface area contributed by atoms with E-state index < -0.39 is 5.97 Å². The summed E-state index contributed by atoms with van der Waals surface area (Å²) in [6, 6.07) is 15.4. The van der Waals surface area contributed by atoms with E-state index in [2.05, 4.69) is 23.3 Å². The number of carbonyl (C=O) groups excluding carboxylic acids is 1. The van der Waals surface area contributed by atoms with Crippen molar-refractivity contribution in [1.29, 1.82) is 0 Å². The van der Waals surface area contributed by atoms with Crippen LogP contribution in [0.3, 0.4) is 0 Å². The lowest BCUT2D eigenvalue weighted by Crippen LogP contribution is -2.40. The Bertz CT molecular complexity index is 677. The number of amides is 2. The lowest BCUT2D eigenvalue weighted by atomic mass is 10.1. The molecule has 2 amide bonds. The van der Waals surface area contributed by atoms with Crippen LogP contribution in [-0.2, 0) is 6.42 Å². The Balaban J connectivity index is 1.95. The molecule has 1 atom stereocenters. The normalized spacial score (nSPS) is 11.5. The van der Waals surface area contributed by atoms with Gasteiger partial charge in [-0.05, 0) is 30.2 Å². The van der Waals surface area contributed by atoms with E-state index in [1.165, 1.54) is 12.1 Å². The van der Waals surface area contributed by atoms with Crippen molar-refractivity contribution in [2.75, 3.05) is 11.1 Å². The number of carboxylic acids is 1. The van der Waals surface area contributed by atoms with Gasteiger partial charge in [0.2, 0.25) is 0 Å². The maximum Gasteiger partial charge on any atom is 0.335 e. The minimum atomic E-state index is -1.04. The van der Waals surface area contributed by atoms with Crippen LogP contribution in [0.4, 0.5) is 10.5 Å². The fourth-order valence-corrected chi connectivity index (χ4v) is 2.36. The fraction of sp³-hybridized carbons (Fsp3) is 0.176. The van der Waals surface area contributed by atoms with Crippen LogP contribution in [0.2, 0.25) is 0 Å². The second-order valence-corrected chi connectivity index (χ2v) is 5.42. The highest BCUT2D eigenvalue weighted by molar-refractivity contribution is 7.80. The van der Waals surface area contributed by atoms with Crippen molar-refractivity contribution in [2.45, 2.75) is 12.5 Å². The number of hydrogen-bond acceptors (Lipinski definition) is 3. The van der Waals surface area contributed by atoms with Crippen molar-refractivity contribution in [2.24, 2.45) is 0 Å². The first kappa shape index (κ1) is 16.9. The summed E-state index contributed by atoms with van der Waals surface area (Å²) in [6.07, 6.45) is 0.674. The van der Waals surface area contributed by atoms with Gasteiger partial charge in [-0.15, -0.1) is 0 Å². The Hall–Kier alpha value is -2.47. The molecular formula is C17H18N2O3S. The van der Waals surface area contributed by atoms with E-state index in [0.717, 1.165) is 5.56 Å². The van der Waals surface area contributed by atoms with Gasteiger partial charge in [0.15, 0.2) is 0 Å². The average molecular weight is 330 g/mol. The minimum Gasteiger partial charge on any atom is -0.478 e. The van der Waals surface area contributed by atoms with E-state index in [0.29, 0.717) is 17.9 Å². The van der Waals surface area contributed by atoms with Gasteiger partial charge in [0.1, 0.15) is 0 Å². The van der Waals surface area contributed by atoms with Crippen molar-refractivity contribution in [3.8, 4) is 0 Å². The van der Waals surface area contributed by atoms with Crippen LogP contribution in [0.15, 0.2) is 54.6 Å². The first-order chi connectivity index (χ1) is 11.1. The number of carboxylic acid groups (broad SMARTS) is 1. The molecule has 0 heterocycles. The molecule has 120 valence electrons. The zero-order valence-corrected chi connectivity index (χ0v) is 13.3. The Morgan fingerprint density at radius 2 is 1.83 bits per heavy atom. The first-order valence-electron chi connectivity index (χ1n) is 7.14. The van der Waals surface area contributed by atoms with E-state index in [1.807, 2.05) is 30.3 Å². The zero-order valence-electron chi connectivity index (χ0n) is 12.4. The molecule has 6 heteroatoms. The van der Waals surface area contributed by atoms with Gasteiger partial charge in [-0.1, -0.05) is 36.4 Å². The highest BCUT2D eigenvalue weighted by atomic mass is 32.1. The molecule has 5 nitrogen and oxygen atoms in total. The van der Waals surface area contributed by atoms with Crippen LogP contribution in [-0.4, -0.2) is 28.9 Å². The molecule has 0 saturated carbocycles. The monoisotopic (exact) mass is 330 g/mol. The largest absolute Gasteiger partial charge is 0.478 e. The Kier molecular flexibility index (Phi) is 6.05. The minimum absolute atomic E-state index is 0.122. The van der Waals surface area contributed by atoms with Crippen molar-refractivity contribution in [1.82, 2.24) is 5.32 Å². The highest BCUT2D eigenvalue weighted by Crippen LogP contribution is 2.11. The smallest absolute Gasteiger partial charge is 0.335 e. The number of anilines is 1. The van der Waals surface area contributed by atoms with E-state index in [1.54, 1.807) is 12.1 Å². The Morgan fingerprint density at radius 1 is 1.09 bits per heavy atom. The average Bonchev–Trinajstić information content (AvgIpc) is 2.55. The van der Waals surface area contributed by atoms with Crippen LogP contribution < -0.4 is 10.6 Å². The summed E-state index contributed by atoms with van der Waals surface area (Å²) in [5.74, 6) is -0.538. The maximum absolute atomic E-state index is 12.0. The summed E-state index contributed by atoms with van der Waals surface area (Å²) in [5, 5.41) is 14.4. The van der Waals surface area contributed by atoms with Gasteiger partial charge in [0.05, 0.1) is 5.56 Å². The first-order valence-corrected chi connectivity index (χ1v) is 7.77. The van der Waals surface area contributed by atoms with E-state index in [9.17, 15) is 9.59 Å². The summed E-state index contributed by atoms with van der Waals surface area (Å²) < 4.78 is 0. The topological polar surface area (TPSA) is 78.4 Å². The second-order valence-electron chi connectivity index (χ2n) is 5.05. The lowest BCUT2D eigenvalue weighted by molar-refractivity contribution is 0.0697. The maximum atomic E-state index is 12.0. The number of aromatic carboxylic acids is 1. The second kappa shape index (κ2) is 8.24. The molecule has 0 aromatic heterocycles. The van der Waals surface area contributed by atoms with Crippen molar-refractivity contribution in [3.63, 3.8) is 0 Å². The van der Waals surface area contributed by atoms with Gasteiger partial charge < -0.3 is 15.7 Å². The number of nitrogens with one attached hydrogen (secondary N) is 2. The Morgan fingerprint density at radius 3 is 2.48 bits per heavy atom. The number of thiol groups is 1. The number of benzene rings is 2. The van der Waals surface area contributed by atoms with E-state index in [-0.39, 0.29) is 17.6 Å². The van der Waals surface area contributed by atoms with Crippen LogP contribution in [0, 0.1) is 0 Å². The molecule has 2 aromatic carbocycles. The van der Waals surface area contributed by atoms with Crippen molar-refractivity contribution < 1.29 is 14.7 Å². The molecule has 2 rings (SSSR count). The molecule has 0 aliphatic rings. The van der Waals surface area contributed by atoms with Gasteiger partial charge in [-0.3, -0.25) is 0 Å². The summed E-state index contributed by atoms with van der Waals surface area (Å²) in [7, 11) is 0. The van der Waals surface area contributed by atoms with E-state index in [4.69, 9.17) is 5.11 Å². The number of rotatable bonds is 6. The van der Waals surface area contributed by atoms with Gasteiger partial charge in [0, 0.05) is 17.5 Å². The number of carbonyl (C=O) groups is 2. The van der Waals surface area contributed by atoms with Crippen LogP contribution in [0.1, 0.15) is 15.9 Å². The van der Waals surface area contributed by atoms with E-state index >= 15 is 0 Å². The predicted molar refractivity (Wildman–Crippen MR) is 93.3 cm³/mol. The molecule has 0 aliphatic carbocycles. The van der Waals surface area contributed by atoms with Gasteiger partial charge in [-0.25, -0.2) is 9.59 Å². The Labute approximate surface area is 140 Å². The standard InChI is InChI=1S/C17H18N2O3S/c20-16(21)13-7-4-8-14(10-13)18-17(22)19-15(11-23)9-12-5-2-1-3-6-12/h1-8,10,15,23H,9,11H2,(H,20,21)(H2,18,19,22). The van der Waals surface area contributed by atoms with Crippen LogP contribution in [0.25, 0.3) is 0 Å². The third-order valence-electron chi connectivity index (χ3n) is 3.25. The number of urea groups is 1. The highest BCUT2D eigenvalue weighted by Gasteiger charge is 2.12. The summed E-state index contributed by atoms with van der Waals surface area (Å²) in [4.78, 5) is 23.0. The molecule has 0 radical (unpaired) electrons. The summed E-state index contributed by atoms with van der Waals surface area (Å²) in [6.45, 7) is 0. The molecule has 0 saturated heterocycles. The summed E-state index contributed by atoms with van der Waals surface area (Å²) in [5.41, 5.74) is 1.66. The summed E-state index contributed by atoms with van der Waals surface area (Å²) >= 11 is 4.27. The zero-order chi connectivity index (χ0) is 16.7. The third kappa shape index (κ3) is 5.34. The molecule has 0 spiro atoms. The molecule has 23 heavy (non-hydrogen) atoms. The molecule has 2 aromatic rings. The van der Waals surface area contributed by atoms with Gasteiger partial charge >= 0.3 is 12.0 Å². The number of hydrogen-bond donors (Lipinski definition) is 4. The molecule has 1 unspecified atom stereocenters. The van der Waals surface area contributed by atoms with Gasteiger partial charge in [0.25, 0.3) is 0 Å². The van der Waals surface area contributed by atoms with Crippen LogP contribution >= 0.6 is 12.6 Å². The van der Waals surface area contributed by atoms with Gasteiger partial charge in [-0.2, -0.15) is 12.6 Å². The van der Waals surface area contributed by atoms with Crippen molar-refractivity contribution >= 4 is 30.3 Å². The molecule has 0 aliphatic heterocycles. The van der Waals surface area contributed by atoms with Crippen molar-refractivity contribution in [3.05, 3.63) is 65.7 Å². The SMILES string of the molecule is O=C(Nc1cccc(C(=O)O)c1)NC(CS)Cc1ccccc1. The third-order valence-corrected chi connectivity index (χ3v) is 3.69. The molecular weight excluding hydrogens is 312 g/mol. The molecule has 0 bridgehead atoms.